The van der Waals surface area contributed by atoms with E-state index in [1.807, 2.05) is 26.0 Å². The molecule has 1 amide bonds. The van der Waals surface area contributed by atoms with Crippen LogP contribution < -0.4 is 14.8 Å². The van der Waals surface area contributed by atoms with Crippen molar-refractivity contribution in [1.29, 1.82) is 5.26 Å². The molecular weight excluding hydrogens is 390 g/mol. The monoisotopic (exact) mass is 421 g/mol. The van der Waals surface area contributed by atoms with Crippen LogP contribution >= 0.6 is 0 Å². The Kier molecular flexibility index (Phi) is 7.91. The van der Waals surface area contributed by atoms with Crippen LogP contribution in [0.5, 0.6) is 11.5 Å². The van der Waals surface area contributed by atoms with Crippen molar-refractivity contribution in [3.8, 4) is 17.6 Å². The molecule has 0 radical (unpaired) electrons. The van der Waals surface area contributed by atoms with Crippen LogP contribution in [0, 0.1) is 17.2 Å². The van der Waals surface area contributed by atoms with Crippen LogP contribution in [0.1, 0.15) is 43.9 Å². The third-order valence-corrected chi connectivity index (χ3v) is 5.68. The van der Waals surface area contributed by atoms with Crippen molar-refractivity contribution >= 4 is 5.91 Å². The topological polar surface area (TPSA) is 74.6 Å². The van der Waals surface area contributed by atoms with Crippen LogP contribution in [0.2, 0.25) is 0 Å². The van der Waals surface area contributed by atoms with Crippen molar-refractivity contribution in [1.82, 2.24) is 10.2 Å². The lowest BCUT2D eigenvalue weighted by atomic mass is 10.0. The van der Waals surface area contributed by atoms with Crippen molar-refractivity contribution in [2.45, 2.75) is 38.8 Å². The zero-order valence-corrected chi connectivity index (χ0v) is 18.5. The molecule has 0 aromatic heterocycles. The second-order valence-electron chi connectivity index (χ2n) is 8.17. The Morgan fingerprint density at radius 3 is 2.42 bits per heavy atom. The zero-order chi connectivity index (χ0) is 22.2. The van der Waals surface area contributed by atoms with Gasteiger partial charge in [0.15, 0.2) is 6.10 Å². The van der Waals surface area contributed by atoms with Crippen LogP contribution in [0.4, 0.5) is 0 Å². The van der Waals surface area contributed by atoms with E-state index in [0.717, 1.165) is 24.4 Å². The number of carbonyl (C=O) groups excluding carboxylic acids is 1. The summed E-state index contributed by atoms with van der Waals surface area (Å²) in [7, 11) is 1.66. The third-order valence-electron chi connectivity index (χ3n) is 5.68. The van der Waals surface area contributed by atoms with Gasteiger partial charge in [-0.25, -0.2) is 0 Å². The normalized spacial score (nSPS) is 15.8. The number of rotatable bonds is 9. The first-order valence-electron chi connectivity index (χ1n) is 10.8. The molecule has 2 unspecified atom stereocenters. The molecule has 0 aliphatic carbocycles. The fraction of sp³-hybridized carbons (Fsp3) is 0.440. The van der Waals surface area contributed by atoms with Crippen LogP contribution in [0.15, 0.2) is 48.5 Å². The molecule has 0 spiro atoms. The van der Waals surface area contributed by atoms with Gasteiger partial charge in [-0.1, -0.05) is 38.1 Å². The molecule has 2 atom stereocenters. The standard InChI is InChI=1S/C25H31N3O3/c1-18(2)24(31-23-9-5-4-8-20(23)16-26)25(29)27-17-22(28-14-6-7-15-28)19-10-12-21(30-3)13-11-19/h4-5,8-13,18,22,24H,6-7,14-15,17H2,1-3H3,(H,27,29). The molecule has 1 fully saturated rings. The van der Waals surface area contributed by atoms with Gasteiger partial charge >= 0.3 is 0 Å². The molecule has 2 aromatic rings. The van der Waals surface area contributed by atoms with Crippen molar-refractivity contribution in [2.24, 2.45) is 5.92 Å². The molecule has 1 aliphatic rings. The summed E-state index contributed by atoms with van der Waals surface area (Å²) in [4.78, 5) is 15.5. The van der Waals surface area contributed by atoms with Crippen LogP contribution in [0.25, 0.3) is 0 Å². The maximum Gasteiger partial charge on any atom is 0.261 e. The third kappa shape index (κ3) is 5.77. The van der Waals surface area contributed by atoms with Crippen LogP contribution in [-0.4, -0.2) is 43.7 Å². The summed E-state index contributed by atoms with van der Waals surface area (Å²) in [5.41, 5.74) is 1.58. The molecule has 0 bridgehead atoms. The molecule has 0 saturated carbocycles. The Morgan fingerprint density at radius 1 is 1.13 bits per heavy atom. The van der Waals surface area contributed by atoms with Gasteiger partial charge in [0.2, 0.25) is 0 Å². The predicted molar refractivity (Wildman–Crippen MR) is 120 cm³/mol. The summed E-state index contributed by atoms with van der Waals surface area (Å²) >= 11 is 0. The number of nitrogens with one attached hydrogen (secondary N) is 1. The molecule has 31 heavy (non-hydrogen) atoms. The molecule has 164 valence electrons. The van der Waals surface area contributed by atoms with Gasteiger partial charge in [0.05, 0.1) is 18.7 Å². The summed E-state index contributed by atoms with van der Waals surface area (Å²) in [5, 5.41) is 12.4. The molecule has 6 nitrogen and oxygen atoms in total. The summed E-state index contributed by atoms with van der Waals surface area (Å²) < 4.78 is 11.3. The van der Waals surface area contributed by atoms with Gasteiger partial charge in [-0.3, -0.25) is 9.69 Å². The number of hydrogen-bond acceptors (Lipinski definition) is 5. The number of methoxy groups -OCH3 is 1. The number of hydrogen-bond donors (Lipinski definition) is 1. The van der Waals surface area contributed by atoms with Crippen molar-refractivity contribution in [3.63, 3.8) is 0 Å². The highest BCUT2D eigenvalue weighted by Crippen LogP contribution is 2.27. The number of amides is 1. The first-order chi connectivity index (χ1) is 15.0. The fourth-order valence-electron chi connectivity index (χ4n) is 3.93. The SMILES string of the molecule is COc1ccc(C(CNC(=O)C(Oc2ccccc2C#N)C(C)C)N2CCCC2)cc1. The lowest BCUT2D eigenvalue weighted by molar-refractivity contribution is -0.130. The first-order valence-corrected chi connectivity index (χ1v) is 10.8. The van der Waals surface area contributed by atoms with E-state index in [2.05, 4.69) is 28.4 Å². The van der Waals surface area contributed by atoms with Gasteiger partial charge in [0.1, 0.15) is 17.6 Å². The molecule has 1 heterocycles. The number of para-hydroxylation sites is 1. The number of nitrogens with zero attached hydrogens (tertiary/aromatic N) is 2. The summed E-state index contributed by atoms with van der Waals surface area (Å²) in [6.45, 7) is 6.43. The average Bonchev–Trinajstić information content (AvgIpc) is 3.32. The molecule has 1 aliphatic heterocycles. The van der Waals surface area contributed by atoms with E-state index in [4.69, 9.17) is 9.47 Å². The van der Waals surface area contributed by atoms with E-state index in [-0.39, 0.29) is 17.9 Å². The maximum atomic E-state index is 13.1. The van der Waals surface area contributed by atoms with E-state index in [1.54, 1.807) is 31.4 Å². The van der Waals surface area contributed by atoms with Gasteiger partial charge in [-0.2, -0.15) is 5.26 Å². The number of carbonyl (C=O) groups is 1. The van der Waals surface area contributed by atoms with E-state index in [0.29, 0.717) is 17.9 Å². The van der Waals surface area contributed by atoms with Gasteiger partial charge < -0.3 is 14.8 Å². The number of benzene rings is 2. The largest absolute Gasteiger partial charge is 0.497 e. The Morgan fingerprint density at radius 2 is 1.81 bits per heavy atom. The molecule has 2 aromatic carbocycles. The Hall–Kier alpha value is -3.04. The van der Waals surface area contributed by atoms with Crippen molar-refractivity contribution in [2.75, 3.05) is 26.7 Å². The number of nitriles is 1. The molecule has 6 heteroatoms. The van der Waals surface area contributed by atoms with Crippen molar-refractivity contribution < 1.29 is 14.3 Å². The first kappa shape index (κ1) is 22.6. The predicted octanol–water partition coefficient (Wildman–Crippen LogP) is 3.92. The Balaban J connectivity index is 1.72. The minimum Gasteiger partial charge on any atom is -0.497 e. The van der Waals surface area contributed by atoms with E-state index in [9.17, 15) is 10.1 Å². The number of likely N-dealkylation sites (tertiary alicyclic amines) is 1. The van der Waals surface area contributed by atoms with E-state index >= 15 is 0 Å². The zero-order valence-electron chi connectivity index (χ0n) is 18.5. The molecule has 1 N–H and O–H groups in total. The summed E-state index contributed by atoms with van der Waals surface area (Å²) in [6.07, 6.45) is 1.66. The minimum absolute atomic E-state index is 0.0435. The number of ether oxygens (including phenoxy) is 2. The van der Waals surface area contributed by atoms with Gasteiger partial charge in [0, 0.05) is 6.54 Å². The second-order valence-corrected chi connectivity index (χ2v) is 8.17. The van der Waals surface area contributed by atoms with Gasteiger partial charge in [0.25, 0.3) is 5.91 Å². The van der Waals surface area contributed by atoms with E-state index in [1.165, 1.54) is 12.8 Å². The maximum absolute atomic E-state index is 13.1. The van der Waals surface area contributed by atoms with E-state index < -0.39 is 6.10 Å². The van der Waals surface area contributed by atoms with Crippen molar-refractivity contribution in [3.05, 3.63) is 59.7 Å². The fourth-order valence-corrected chi connectivity index (χ4v) is 3.93. The minimum atomic E-state index is -0.676. The lowest BCUT2D eigenvalue weighted by Crippen LogP contribution is -2.45. The van der Waals surface area contributed by atoms with Gasteiger partial charge in [-0.15, -0.1) is 0 Å². The highest BCUT2D eigenvalue weighted by atomic mass is 16.5. The smallest absolute Gasteiger partial charge is 0.261 e. The lowest BCUT2D eigenvalue weighted by Gasteiger charge is -2.29. The average molecular weight is 422 g/mol. The Bertz CT molecular complexity index is 899. The summed E-state index contributed by atoms with van der Waals surface area (Å²) in [5.74, 6) is 1.04. The second kappa shape index (κ2) is 10.8. The quantitative estimate of drug-likeness (QED) is 0.664. The highest BCUT2D eigenvalue weighted by molar-refractivity contribution is 5.81. The Labute approximate surface area is 184 Å². The highest BCUT2D eigenvalue weighted by Gasteiger charge is 2.28. The molecular formula is C25H31N3O3. The van der Waals surface area contributed by atoms with Gasteiger partial charge in [-0.05, 0) is 61.7 Å². The van der Waals surface area contributed by atoms with Crippen LogP contribution in [-0.2, 0) is 4.79 Å². The summed E-state index contributed by atoms with van der Waals surface area (Å²) in [6, 6.07) is 17.3. The molecule has 1 saturated heterocycles. The van der Waals surface area contributed by atoms with Crippen LogP contribution in [0.3, 0.4) is 0 Å². The molecule has 3 rings (SSSR count).